The minimum absolute atomic E-state index is 0.238. The Labute approximate surface area is 74.5 Å². The van der Waals surface area contributed by atoms with E-state index >= 15 is 0 Å². The number of hydrogen-bond donors (Lipinski definition) is 1. The molecule has 2 unspecified atom stereocenters. The van der Waals surface area contributed by atoms with Crippen molar-refractivity contribution in [1.82, 2.24) is 0 Å². The molecular weight excluding hydrogens is 148 g/mol. The van der Waals surface area contributed by atoms with E-state index in [1.54, 1.807) is 6.08 Å². The molecule has 3 aliphatic carbocycles. The van der Waals surface area contributed by atoms with E-state index in [9.17, 15) is 5.11 Å². The number of rotatable bonds is 2. The summed E-state index contributed by atoms with van der Waals surface area (Å²) in [5.41, 5.74) is 0. The summed E-state index contributed by atoms with van der Waals surface area (Å²) in [7, 11) is 0. The summed E-state index contributed by atoms with van der Waals surface area (Å²) >= 11 is 0. The monoisotopic (exact) mass is 166 g/mol. The van der Waals surface area contributed by atoms with Gasteiger partial charge in [-0.3, -0.25) is 0 Å². The van der Waals surface area contributed by atoms with Crippen LogP contribution in [0.1, 0.15) is 32.1 Å². The van der Waals surface area contributed by atoms with Crippen LogP contribution in [0.5, 0.6) is 0 Å². The lowest BCUT2D eigenvalue weighted by Crippen LogP contribution is -2.37. The Morgan fingerprint density at radius 2 is 1.92 bits per heavy atom. The predicted octanol–water partition coefficient (Wildman–Crippen LogP) is 2.36. The number of aliphatic hydroxyl groups is 1. The molecule has 0 aliphatic heterocycles. The fourth-order valence-electron chi connectivity index (χ4n) is 3.02. The van der Waals surface area contributed by atoms with E-state index in [0.29, 0.717) is 5.92 Å². The maximum atomic E-state index is 9.69. The molecule has 0 aromatic rings. The SMILES string of the molecule is C=CC(O)C1CC2CCC1CC2. The van der Waals surface area contributed by atoms with Crippen LogP contribution in [0.25, 0.3) is 0 Å². The van der Waals surface area contributed by atoms with E-state index in [4.69, 9.17) is 0 Å². The van der Waals surface area contributed by atoms with Crippen LogP contribution in [-0.4, -0.2) is 11.2 Å². The zero-order valence-electron chi connectivity index (χ0n) is 7.58. The van der Waals surface area contributed by atoms with Crippen molar-refractivity contribution < 1.29 is 5.11 Å². The lowest BCUT2D eigenvalue weighted by molar-refractivity contribution is 0.0198. The van der Waals surface area contributed by atoms with Crippen LogP contribution in [-0.2, 0) is 0 Å². The molecule has 2 bridgehead atoms. The normalized spacial score (nSPS) is 42.6. The molecule has 0 radical (unpaired) electrons. The van der Waals surface area contributed by atoms with Gasteiger partial charge in [0, 0.05) is 0 Å². The molecule has 3 saturated carbocycles. The van der Waals surface area contributed by atoms with Crippen molar-refractivity contribution in [3.05, 3.63) is 12.7 Å². The highest BCUT2D eigenvalue weighted by Gasteiger charge is 2.37. The molecular formula is C11H18O. The summed E-state index contributed by atoms with van der Waals surface area (Å²) in [5, 5.41) is 9.69. The van der Waals surface area contributed by atoms with Gasteiger partial charge >= 0.3 is 0 Å². The van der Waals surface area contributed by atoms with Crippen LogP contribution in [0.4, 0.5) is 0 Å². The molecule has 0 heterocycles. The van der Waals surface area contributed by atoms with Crippen LogP contribution >= 0.6 is 0 Å². The van der Waals surface area contributed by atoms with E-state index < -0.39 is 0 Å². The molecule has 0 aromatic carbocycles. The average Bonchev–Trinajstić information content (AvgIpc) is 2.18. The molecule has 0 spiro atoms. The minimum atomic E-state index is -0.238. The first-order valence-electron chi connectivity index (χ1n) is 5.12. The van der Waals surface area contributed by atoms with Gasteiger partial charge in [0.2, 0.25) is 0 Å². The van der Waals surface area contributed by atoms with Crippen LogP contribution in [0.2, 0.25) is 0 Å². The van der Waals surface area contributed by atoms with Crippen molar-refractivity contribution in [3.8, 4) is 0 Å². The summed E-state index contributed by atoms with van der Waals surface area (Å²) in [4.78, 5) is 0. The van der Waals surface area contributed by atoms with Gasteiger partial charge in [0.15, 0.2) is 0 Å². The lowest BCUT2D eigenvalue weighted by Gasteiger charge is -2.43. The highest BCUT2D eigenvalue weighted by molar-refractivity contribution is 4.94. The molecule has 1 N–H and O–H groups in total. The smallest absolute Gasteiger partial charge is 0.0749 e. The Kier molecular flexibility index (Phi) is 2.22. The highest BCUT2D eigenvalue weighted by Crippen LogP contribution is 2.46. The fraction of sp³-hybridized carbons (Fsp3) is 0.818. The molecule has 12 heavy (non-hydrogen) atoms. The van der Waals surface area contributed by atoms with Crippen molar-refractivity contribution in [3.63, 3.8) is 0 Å². The number of fused-ring (bicyclic) bond motifs is 3. The van der Waals surface area contributed by atoms with Gasteiger partial charge in [-0.05, 0) is 37.0 Å². The van der Waals surface area contributed by atoms with Crippen LogP contribution < -0.4 is 0 Å². The third-order valence-electron chi connectivity index (χ3n) is 3.78. The maximum absolute atomic E-state index is 9.69. The first-order valence-corrected chi connectivity index (χ1v) is 5.12. The summed E-state index contributed by atoms with van der Waals surface area (Å²) in [6.45, 7) is 3.67. The third-order valence-corrected chi connectivity index (χ3v) is 3.78. The van der Waals surface area contributed by atoms with Gasteiger partial charge in [0.1, 0.15) is 0 Å². The zero-order chi connectivity index (χ0) is 8.55. The third kappa shape index (κ3) is 1.31. The van der Waals surface area contributed by atoms with Crippen molar-refractivity contribution in [2.75, 3.05) is 0 Å². The van der Waals surface area contributed by atoms with E-state index in [2.05, 4.69) is 6.58 Å². The van der Waals surface area contributed by atoms with Crippen molar-refractivity contribution >= 4 is 0 Å². The molecule has 0 aromatic heterocycles. The quantitative estimate of drug-likeness (QED) is 0.624. The largest absolute Gasteiger partial charge is 0.389 e. The Morgan fingerprint density at radius 3 is 2.33 bits per heavy atom. The van der Waals surface area contributed by atoms with E-state index in [1.165, 1.54) is 32.1 Å². The standard InChI is InChI=1S/C11H18O/c1-2-11(12)10-7-8-3-5-9(10)6-4-8/h2,8-12H,1,3-7H2. The van der Waals surface area contributed by atoms with Gasteiger partial charge in [0.05, 0.1) is 6.10 Å². The molecule has 0 amide bonds. The molecule has 3 rings (SSSR count). The van der Waals surface area contributed by atoms with E-state index in [-0.39, 0.29) is 6.10 Å². The zero-order valence-corrected chi connectivity index (χ0v) is 7.58. The van der Waals surface area contributed by atoms with Gasteiger partial charge in [-0.25, -0.2) is 0 Å². The second kappa shape index (κ2) is 3.21. The summed E-state index contributed by atoms with van der Waals surface area (Å²) in [6.07, 6.45) is 8.23. The number of hydrogen-bond acceptors (Lipinski definition) is 1. The Balaban J connectivity index is 2.03. The van der Waals surface area contributed by atoms with Gasteiger partial charge in [-0.15, -0.1) is 6.58 Å². The minimum Gasteiger partial charge on any atom is -0.389 e. The highest BCUT2D eigenvalue weighted by atomic mass is 16.3. The second-order valence-corrected chi connectivity index (χ2v) is 4.41. The molecule has 1 heteroatoms. The van der Waals surface area contributed by atoms with E-state index in [0.717, 1.165) is 11.8 Å². The predicted molar refractivity (Wildman–Crippen MR) is 49.8 cm³/mol. The molecule has 0 saturated heterocycles. The van der Waals surface area contributed by atoms with Crippen molar-refractivity contribution in [2.45, 2.75) is 38.2 Å². The molecule has 3 aliphatic rings. The van der Waals surface area contributed by atoms with E-state index in [1.807, 2.05) is 0 Å². The second-order valence-electron chi connectivity index (χ2n) is 4.41. The van der Waals surface area contributed by atoms with Gasteiger partial charge in [0.25, 0.3) is 0 Å². The van der Waals surface area contributed by atoms with Crippen LogP contribution in [0.3, 0.4) is 0 Å². The van der Waals surface area contributed by atoms with Gasteiger partial charge < -0.3 is 5.11 Å². The van der Waals surface area contributed by atoms with Crippen molar-refractivity contribution in [2.24, 2.45) is 17.8 Å². The molecule has 3 fully saturated rings. The Hall–Kier alpha value is -0.300. The van der Waals surface area contributed by atoms with Gasteiger partial charge in [-0.2, -0.15) is 0 Å². The van der Waals surface area contributed by atoms with Crippen LogP contribution in [0, 0.1) is 17.8 Å². The van der Waals surface area contributed by atoms with Gasteiger partial charge in [-0.1, -0.05) is 18.9 Å². The number of aliphatic hydroxyl groups excluding tert-OH is 1. The fourth-order valence-corrected chi connectivity index (χ4v) is 3.02. The molecule has 68 valence electrons. The topological polar surface area (TPSA) is 20.2 Å². The van der Waals surface area contributed by atoms with Crippen molar-refractivity contribution in [1.29, 1.82) is 0 Å². The average molecular weight is 166 g/mol. The molecule has 1 nitrogen and oxygen atoms in total. The van der Waals surface area contributed by atoms with Crippen LogP contribution in [0.15, 0.2) is 12.7 Å². The molecule has 2 atom stereocenters. The summed E-state index contributed by atoms with van der Waals surface area (Å²) in [5.74, 6) is 2.24. The summed E-state index contributed by atoms with van der Waals surface area (Å²) < 4.78 is 0. The summed E-state index contributed by atoms with van der Waals surface area (Å²) in [6, 6.07) is 0. The Bertz CT molecular complexity index is 168. The lowest BCUT2D eigenvalue weighted by atomic mass is 9.63. The first kappa shape index (κ1) is 8.31. The first-order chi connectivity index (χ1) is 5.81. The maximum Gasteiger partial charge on any atom is 0.0749 e. The Morgan fingerprint density at radius 1 is 1.25 bits per heavy atom.